The Hall–Kier alpha value is -1.78. The topological polar surface area (TPSA) is 57.3 Å². The third-order valence-electron chi connectivity index (χ3n) is 2.36. The third-order valence-corrected chi connectivity index (χ3v) is 2.36. The molecule has 2 rings (SSSR count). The Kier molecular flexibility index (Phi) is 2.68. The molecular formula is C11H14N2O3. The van der Waals surface area contributed by atoms with Crippen LogP contribution in [0.3, 0.4) is 0 Å². The first-order chi connectivity index (χ1) is 7.67. The monoisotopic (exact) mass is 222 g/mol. The molecule has 0 saturated carbocycles. The maximum Gasteiger partial charge on any atom is 0.355 e. The van der Waals surface area contributed by atoms with E-state index in [2.05, 4.69) is 4.98 Å². The van der Waals surface area contributed by atoms with Crippen molar-refractivity contribution < 1.29 is 13.9 Å². The molecule has 2 aromatic rings. The largest absolute Gasteiger partial charge is 0.461 e. The number of fused-ring (bicyclic) bond motifs is 1. The van der Waals surface area contributed by atoms with Crippen LogP contribution in [0, 0.1) is 6.92 Å². The smallest absolute Gasteiger partial charge is 0.355 e. The molecule has 0 radical (unpaired) electrons. The van der Waals surface area contributed by atoms with Crippen molar-refractivity contribution in [1.29, 1.82) is 0 Å². The maximum atomic E-state index is 11.7. The van der Waals surface area contributed by atoms with Crippen LogP contribution in [0.25, 0.3) is 11.2 Å². The van der Waals surface area contributed by atoms with Crippen LogP contribution in [0.2, 0.25) is 0 Å². The summed E-state index contributed by atoms with van der Waals surface area (Å²) in [5, 5.41) is 0. The van der Waals surface area contributed by atoms with Crippen LogP contribution >= 0.6 is 0 Å². The van der Waals surface area contributed by atoms with Gasteiger partial charge in [0.2, 0.25) is 0 Å². The van der Waals surface area contributed by atoms with Crippen molar-refractivity contribution in [3.05, 3.63) is 17.7 Å². The van der Waals surface area contributed by atoms with Gasteiger partial charge in [0.05, 0.1) is 6.61 Å². The molecule has 0 amide bonds. The van der Waals surface area contributed by atoms with Crippen molar-refractivity contribution in [1.82, 2.24) is 9.55 Å². The number of aromatic nitrogens is 2. The number of carbonyl (C=O) groups excluding carboxylic acids is 1. The van der Waals surface area contributed by atoms with Gasteiger partial charge in [0.1, 0.15) is 5.69 Å². The molecule has 2 heterocycles. The molecule has 0 aliphatic carbocycles. The minimum absolute atomic E-state index is 0.338. The van der Waals surface area contributed by atoms with Gasteiger partial charge in [-0.2, -0.15) is 4.98 Å². The Morgan fingerprint density at radius 3 is 2.94 bits per heavy atom. The molecule has 0 spiro atoms. The minimum Gasteiger partial charge on any atom is -0.461 e. The van der Waals surface area contributed by atoms with E-state index in [9.17, 15) is 4.79 Å². The molecule has 16 heavy (non-hydrogen) atoms. The van der Waals surface area contributed by atoms with E-state index < -0.39 is 0 Å². The van der Waals surface area contributed by atoms with E-state index in [-0.39, 0.29) is 5.97 Å². The van der Waals surface area contributed by atoms with Crippen LogP contribution in [0.5, 0.6) is 0 Å². The highest BCUT2D eigenvalue weighted by atomic mass is 16.5. The van der Waals surface area contributed by atoms with Crippen LogP contribution in [0.4, 0.5) is 0 Å². The molecule has 0 N–H and O–H groups in total. The normalized spacial score (nSPS) is 10.9. The zero-order valence-electron chi connectivity index (χ0n) is 9.61. The summed E-state index contributed by atoms with van der Waals surface area (Å²) in [4.78, 5) is 15.9. The van der Waals surface area contributed by atoms with Crippen LogP contribution < -0.4 is 0 Å². The van der Waals surface area contributed by atoms with E-state index >= 15 is 0 Å². The number of carbonyl (C=O) groups is 1. The lowest BCUT2D eigenvalue weighted by molar-refractivity contribution is 0.0514. The van der Waals surface area contributed by atoms with Crippen LogP contribution in [0.15, 0.2) is 10.5 Å². The summed E-state index contributed by atoms with van der Waals surface area (Å²) in [7, 11) is 0. The second-order valence-electron chi connectivity index (χ2n) is 3.42. The van der Waals surface area contributed by atoms with Crippen molar-refractivity contribution in [3.8, 4) is 0 Å². The quantitative estimate of drug-likeness (QED) is 0.746. The summed E-state index contributed by atoms with van der Waals surface area (Å²) >= 11 is 0. The summed E-state index contributed by atoms with van der Waals surface area (Å²) in [6.45, 7) is 6.53. The fourth-order valence-corrected chi connectivity index (χ4v) is 1.73. The summed E-state index contributed by atoms with van der Waals surface area (Å²) in [6, 6.07) is 1.68. The predicted molar refractivity (Wildman–Crippen MR) is 58.4 cm³/mol. The summed E-state index contributed by atoms with van der Waals surface area (Å²) in [5.41, 5.74) is 1.82. The average Bonchev–Trinajstić information content (AvgIpc) is 2.73. The van der Waals surface area contributed by atoms with E-state index in [1.165, 1.54) is 0 Å². The van der Waals surface area contributed by atoms with Crippen molar-refractivity contribution >= 4 is 17.2 Å². The summed E-state index contributed by atoms with van der Waals surface area (Å²) in [6.07, 6.45) is 0. The Morgan fingerprint density at radius 1 is 1.56 bits per heavy atom. The second-order valence-corrected chi connectivity index (χ2v) is 3.42. The second kappa shape index (κ2) is 4.00. The third kappa shape index (κ3) is 1.58. The predicted octanol–water partition coefficient (Wildman–Crippen LogP) is 2.13. The average molecular weight is 222 g/mol. The Balaban J connectivity index is 2.53. The van der Waals surface area contributed by atoms with Gasteiger partial charge < -0.3 is 13.7 Å². The Labute approximate surface area is 93.0 Å². The standard InChI is InChI=1S/C11H14N2O3/c1-4-13-8(11(14)15-5-2)6-9-10(13)12-7(3)16-9/h6H,4-5H2,1-3H3. The molecule has 0 aromatic carbocycles. The molecule has 5 heteroatoms. The number of hydrogen-bond donors (Lipinski definition) is 0. The first-order valence-electron chi connectivity index (χ1n) is 5.31. The fraction of sp³-hybridized carbons (Fsp3) is 0.455. The van der Waals surface area contributed by atoms with Crippen molar-refractivity contribution in [2.45, 2.75) is 27.3 Å². The number of esters is 1. The number of oxazole rings is 1. The fourth-order valence-electron chi connectivity index (χ4n) is 1.73. The first-order valence-corrected chi connectivity index (χ1v) is 5.31. The van der Waals surface area contributed by atoms with Gasteiger partial charge >= 0.3 is 5.97 Å². The first kappa shape index (κ1) is 10.7. The highest BCUT2D eigenvalue weighted by Crippen LogP contribution is 2.21. The van der Waals surface area contributed by atoms with Crippen molar-refractivity contribution in [3.63, 3.8) is 0 Å². The van der Waals surface area contributed by atoms with Gasteiger partial charge in [-0.05, 0) is 13.8 Å². The number of rotatable bonds is 3. The molecule has 5 nitrogen and oxygen atoms in total. The lowest BCUT2D eigenvalue weighted by atomic mass is 10.4. The van der Waals surface area contributed by atoms with Gasteiger partial charge in [0.25, 0.3) is 0 Å². The SMILES string of the molecule is CCOC(=O)c1cc2oc(C)nc2n1CC. The number of hydrogen-bond acceptors (Lipinski definition) is 4. The zero-order chi connectivity index (χ0) is 11.7. The Bertz CT molecular complexity index is 525. The molecular weight excluding hydrogens is 208 g/mol. The molecule has 0 unspecified atom stereocenters. The molecule has 0 atom stereocenters. The van der Waals surface area contributed by atoms with Gasteiger partial charge in [0, 0.05) is 19.5 Å². The van der Waals surface area contributed by atoms with E-state index in [0.29, 0.717) is 36.0 Å². The molecule has 0 aliphatic heterocycles. The van der Waals surface area contributed by atoms with Crippen molar-refractivity contribution in [2.75, 3.05) is 6.61 Å². The molecule has 0 saturated heterocycles. The van der Waals surface area contributed by atoms with E-state index in [1.807, 2.05) is 6.92 Å². The zero-order valence-corrected chi connectivity index (χ0v) is 9.61. The Morgan fingerprint density at radius 2 is 2.31 bits per heavy atom. The van der Waals surface area contributed by atoms with Crippen LogP contribution in [-0.2, 0) is 11.3 Å². The molecule has 2 aromatic heterocycles. The van der Waals surface area contributed by atoms with Gasteiger partial charge in [-0.15, -0.1) is 0 Å². The number of aryl methyl sites for hydroxylation is 2. The summed E-state index contributed by atoms with van der Waals surface area (Å²) < 4.78 is 12.1. The van der Waals surface area contributed by atoms with E-state index in [1.54, 1.807) is 24.5 Å². The van der Waals surface area contributed by atoms with E-state index in [4.69, 9.17) is 9.15 Å². The highest BCUT2D eigenvalue weighted by Gasteiger charge is 2.19. The number of ether oxygens (including phenoxy) is 1. The van der Waals surface area contributed by atoms with Crippen LogP contribution in [0.1, 0.15) is 30.2 Å². The maximum absolute atomic E-state index is 11.7. The summed E-state index contributed by atoms with van der Waals surface area (Å²) in [5.74, 6) is 0.262. The minimum atomic E-state index is -0.338. The van der Waals surface area contributed by atoms with Crippen LogP contribution in [-0.4, -0.2) is 22.1 Å². The molecule has 86 valence electrons. The van der Waals surface area contributed by atoms with Gasteiger partial charge in [-0.25, -0.2) is 4.79 Å². The molecule has 0 aliphatic rings. The molecule has 0 bridgehead atoms. The van der Waals surface area contributed by atoms with Gasteiger partial charge in [-0.1, -0.05) is 0 Å². The van der Waals surface area contributed by atoms with Gasteiger partial charge in [0.15, 0.2) is 17.1 Å². The molecule has 0 fully saturated rings. The highest BCUT2D eigenvalue weighted by molar-refractivity contribution is 5.93. The van der Waals surface area contributed by atoms with E-state index in [0.717, 1.165) is 0 Å². The lowest BCUT2D eigenvalue weighted by Crippen LogP contribution is -2.11. The van der Waals surface area contributed by atoms with Gasteiger partial charge in [-0.3, -0.25) is 0 Å². The number of nitrogens with zero attached hydrogens (tertiary/aromatic N) is 2. The van der Waals surface area contributed by atoms with Crippen molar-refractivity contribution in [2.24, 2.45) is 0 Å². The lowest BCUT2D eigenvalue weighted by Gasteiger charge is -2.05.